The summed E-state index contributed by atoms with van der Waals surface area (Å²) in [5, 5.41) is 3.74. The van der Waals surface area contributed by atoms with Crippen LogP contribution in [-0.4, -0.2) is 51.8 Å². The Morgan fingerprint density at radius 1 is 1.23 bits per heavy atom. The largest absolute Gasteiger partial charge is 0.373 e. The molecule has 1 aromatic carbocycles. The molecule has 9 heteroatoms. The summed E-state index contributed by atoms with van der Waals surface area (Å²) in [5.74, 6) is 0.189. The average Bonchev–Trinajstić information content (AvgIpc) is 3.16. The number of amides is 1. The Balaban J connectivity index is 1.64. The number of aromatic nitrogens is 3. The van der Waals surface area contributed by atoms with Crippen molar-refractivity contribution in [2.45, 2.75) is 19.6 Å². The Hall–Kier alpha value is -3.10. The van der Waals surface area contributed by atoms with E-state index in [0.29, 0.717) is 36.0 Å². The van der Waals surface area contributed by atoms with Crippen molar-refractivity contribution in [1.82, 2.24) is 24.8 Å². The molecule has 1 aliphatic heterocycles. The maximum Gasteiger partial charge on any atom is 0.256 e. The van der Waals surface area contributed by atoms with Crippen molar-refractivity contribution in [2.75, 3.05) is 26.5 Å². The number of hydrogen-bond donors (Lipinski definition) is 1. The molecule has 0 aliphatic carbocycles. The number of carbonyl (C=O) groups is 1. The first-order valence-corrected chi connectivity index (χ1v) is 10.2. The Labute approximate surface area is 184 Å². The van der Waals surface area contributed by atoms with E-state index in [-0.39, 0.29) is 5.56 Å². The number of rotatable bonds is 5. The van der Waals surface area contributed by atoms with Gasteiger partial charge in [0.1, 0.15) is 11.6 Å². The molecule has 2 aromatic heterocycles. The Kier molecular flexibility index (Phi) is 5.84. The van der Waals surface area contributed by atoms with Gasteiger partial charge in [0.2, 0.25) is 0 Å². The molecular formula is C22H22ClFN6O. The fourth-order valence-corrected chi connectivity index (χ4v) is 3.68. The molecule has 0 saturated carbocycles. The molecule has 3 aromatic rings. The van der Waals surface area contributed by atoms with E-state index < -0.39 is 11.7 Å². The summed E-state index contributed by atoms with van der Waals surface area (Å²) in [6.45, 7) is 1.97. The van der Waals surface area contributed by atoms with E-state index in [1.54, 1.807) is 26.4 Å². The van der Waals surface area contributed by atoms with Crippen LogP contribution in [0.25, 0.3) is 11.4 Å². The van der Waals surface area contributed by atoms with Gasteiger partial charge in [-0.15, -0.1) is 0 Å². The van der Waals surface area contributed by atoms with Gasteiger partial charge in [0.15, 0.2) is 5.82 Å². The smallest absolute Gasteiger partial charge is 0.256 e. The van der Waals surface area contributed by atoms with Gasteiger partial charge in [0.25, 0.3) is 5.91 Å². The molecule has 31 heavy (non-hydrogen) atoms. The fourth-order valence-electron chi connectivity index (χ4n) is 3.56. The first kappa shape index (κ1) is 21.1. The first-order valence-electron chi connectivity index (χ1n) is 9.77. The van der Waals surface area contributed by atoms with Crippen molar-refractivity contribution in [3.8, 4) is 11.4 Å². The Morgan fingerprint density at radius 2 is 2.03 bits per heavy atom. The number of fused-ring (bicyclic) bond motifs is 1. The van der Waals surface area contributed by atoms with Crippen molar-refractivity contribution < 1.29 is 9.18 Å². The predicted molar refractivity (Wildman–Crippen MR) is 117 cm³/mol. The summed E-state index contributed by atoms with van der Waals surface area (Å²) in [6, 6.07) is 8.10. The maximum absolute atomic E-state index is 14.2. The molecule has 1 amide bonds. The molecule has 160 valence electrons. The van der Waals surface area contributed by atoms with Crippen molar-refractivity contribution in [3.05, 3.63) is 69.9 Å². The molecule has 0 saturated heterocycles. The third-order valence-electron chi connectivity index (χ3n) is 5.12. The van der Waals surface area contributed by atoms with Gasteiger partial charge in [-0.1, -0.05) is 11.6 Å². The van der Waals surface area contributed by atoms with Crippen LogP contribution in [0.15, 0.2) is 36.5 Å². The molecule has 1 aliphatic rings. The summed E-state index contributed by atoms with van der Waals surface area (Å²) >= 11 is 5.92. The van der Waals surface area contributed by atoms with Crippen LogP contribution in [0.5, 0.6) is 0 Å². The van der Waals surface area contributed by atoms with E-state index in [1.165, 1.54) is 17.0 Å². The van der Waals surface area contributed by atoms with Gasteiger partial charge in [-0.3, -0.25) is 14.7 Å². The number of hydrogen-bond acceptors (Lipinski definition) is 6. The summed E-state index contributed by atoms with van der Waals surface area (Å²) in [5.41, 5.74) is 3.42. The van der Waals surface area contributed by atoms with E-state index in [2.05, 4.69) is 20.2 Å². The first-order chi connectivity index (χ1) is 14.9. The second kappa shape index (κ2) is 8.56. The zero-order chi connectivity index (χ0) is 22.1. The van der Waals surface area contributed by atoms with E-state index >= 15 is 0 Å². The predicted octanol–water partition coefficient (Wildman–Crippen LogP) is 3.59. The second-order valence-corrected chi connectivity index (χ2v) is 8.01. The summed E-state index contributed by atoms with van der Waals surface area (Å²) in [4.78, 5) is 29.6. The molecule has 0 atom stereocenters. The molecule has 7 nitrogen and oxygen atoms in total. The van der Waals surface area contributed by atoms with Gasteiger partial charge < -0.3 is 10.2 Å². The molecule has 0 fully saturated rings. The van der Waals surface area contributed by atoms with Crippen molar-refractivity contribution in [3.63, 3.8) is 0 Å². The minimum atomic E-state index is -0.570. The maximum atomic E-state index is 14.2. The molecule has 3 heterocycles. The highest BCUT2D eigenvalue weighted by Crippen LogP contribution is 2.31. The quantitative estimate of drug-likeness (QED) is 0.653. The van der Waals surface area contributed by atoms with Gasteiger partial charge in [0.05, 0.1) is 22.0 Å². The van der Waals surface area contributed by atoms with Gasteiger partial charge in [0, 0.05) is 58.1 Å². The van der Waals surface area contributed by atoms with Crippen LogP contribution in [0.1, 0.15) is 27.3 Å². The lowest BCUT2D eigenvalue weighted by Gasteiger charge is -2.13. The lowest BCUT2D eigenvalue weighted by atomic mass is 10.1. The van der Waals surface area contributed by atoms with Crippen LogP contribution in [0.2, 0.25) is 5.02 Å². The topological polar surface area (TPSA) is 74.2 Å². The van der Waals surface area contributed by atoms with Crippen molar-refractivity contribution >= 4 is 23.3 Å². The number of anilines is 1. The minimum Gasteiger partial charge on any atom is -0.373 e. The van der Waals surface area contributed by atoms with E-state index in [0.717, 1.165) is 22.8 Å². The second-order valence-electron chi connectivity index (χ2n) is 7.58. The number of halogens is 2. The average molecular weight is 441 g/mol. The van der Waals surface area contributed by atoms with Gasteiger partial charge in [-0.05, 0) is 30.3 Å². The van der Waals surface area contributed by atoms with Gasteiger partial charge in [-0.25, -0.2) is 14.4 Å². The lowest BCUT2D eigenvalue weighted by Crippen LogP contribution is -2.22. The molecule has 0 bridgehead atoms. The van der Waals surface area contributed by atoms with Crippen molar-refractivity contribution in [2.24, 2.45) is 0 Å². The molecule has 4 rings (SSSR count). The van der Waals surface area contributed by atoms with E-state index in [4.69, 9.17) is 16.6 Å². The zero-order valence-electron chi connectivity index (χ0n) is 17.5. The Morgan fingerprint density at radius 3 is 2.71 bits per heavy atom. The molecule has 1 N–H and O–H groups in total. The summed E-state index contributed by atoms with van der Waals surface area (Å²) in [7, 11) is 4.98. The number of carbonyl (C=O) groups excluding carboxylic acids is 1. The zero-order valence-corrected chi connectivity index (χ0v) is 18.2. The van der Waals surface area contributed by atoms with Crippen LogP contribution >= 0.6 is 11.6 Å². The minimum absolute atomic E-state index is 0.00644. The number of nitrogens with one attached hydrogen (secondary N) is 1. The van der Waals surface area contributed by atoms with Gasteiger partial charge in [-0.2, -0.15) is 0 Å². The fraction of sp³-hybridized carbons (Fsp3) is 0.273. The normalized spacial score (nSPS) is 13.2. The monoisotopic (exact) mass is 440 g/mol. The number of benzene rings is 1. The molecular weight excluding hydrogens is 419 g/mol. The number of nitrogens with zero attached hydrogens (tertiary/aromatic N) is 5. The SMILES string of the molecule is CNc1nc(-c2ccc(F)c(C(=O)N(C)C)c2)nc2c1CN(Cc1ccc(Cl)cn1)C2. The van der Waals surface area contributed by atoms with E-state index in [1.807, 2.05) is 19.2 Å². The highest BCUT2D eigenvalue weighted by atomic mass is 35.5. The molecule has 0 unspecified atom stereocenters. The van der Waals surface area contributed by atoms with Gasteiger partial charge >= 0.3 is 0 Å². The third-order valence-corrected chi connectivity index (χ3v) is 5.34. The summed E-state index contributed by atoms with van der Waals surface area (Å²) in [6.07, 6.45) is 1.64. The number of pyridine rings is 1. The standard InChI is InChI=1S/C22H22ClFN6O/c1-25-21-17-11-30(10-15-6-5-14(23)9-26-15)12-19(17)27-20(28-21)13-4-7-18(24)16(8-13)22(31)29(2)3/h4-9H,10-12H2,1-3H3,(H,25,27,28). The van der Waals surface area contributed by atoms with Crippen LogP contribution in [0.3, 0.4) is 0 Å². The van der Waals surface area contributed by atoms with Crippen LogP contribution < -0.4 is 5.32 Å². The van der Waals surface area contributed by atoms with Crippen molar-refractivity contribution in [1.29, 1.82) is 0 Å². The van der Waals surface area contributed by atoms with Crippen LogP contribution in [0.4, 0.5) is 10.2 Å². The third kappa shape index (κ3) is 4.35. The summed E-state index contributed by atoms with van der Waals surface area (Å²) < 4.78 is 14.2. The highest BCUT2D eigenvalue weighted by molar-refractivity contribution is 6.30. The van der Waals surface area contributed by atoms with E-state index in [9.17, 15) is 9.18 Å². The molecule has 0 radical (unpaired) electrons. The lowest BCUT2D eigenvalue weighted by molar-refractivity contribution is 0.0823. The molecule has 0 spiro atoms. The van der Waals surface area contributed by atoms with Crippen LogP contribution in [-0.2, 0) is 19.6 Å². The highest BCUT2D eigenvalue weighted by Gasteiger charge is 2.26. The van der Waals surface area contributed by atoms with Crippen LogP contribution in [0, 0.1) is 5.82 Å². The Bertz CT molecular complexity index is 1140.